The van der Waals surface area contributed by atoms with Gasteiger partial charge >= 0.3 is 0 Å². The van der Waals surface area contributed by atoms with Crippen molar-refractivity contribution in [1.82, 2.24) is 10.2 Å². The van der Waals surface area contributed by atoms with Crippen LogP contribution in [0.1, 0.15) is 58.8 Å². The van der Waals surface area contributed by atoms with Crippen molar-refractivity contribution in [2.75, 3.05) is 19.6 Å². The molecule has 2 nitrogen and oxygen atoms in total. The zero-order chi connectivity index (χ0) is 12.1. The van der Waals surface area contributed by atoms with E-state index in [1.54, 1.807) is 0 Å². The zero-order valence-corrected chi connectivity index (χ0v) is 11.8. The topological polar surface area (TPSA) is 15.3 Å². The van der Waals surface area contributed by atoms with Crippen LogP contribution in [0.2, 0.25) is 0 Å². The monoisotopic (exact) mass is 238 g/mol. The molecule has 0 aromatic rings. The highest BCUT2D eigenvalue weighted by Crippen LogP contribution is 2.28. The third-order valence-corrected chi connectivity index (χ3v) is 4.80. The van der Waals surface area contributed by atoms with Crippen LogP contribution in [0, 0.1) is 5.92 Å². The molecule has 1 heterocycles. The van der Waals surface area contributed by atoms with Gasteiger partial charge in [0, 0.05) is 18.6 Å². The molecule has 0 aromatic heterocycles. The Bertz CT molecular complexity index is 211. The lowest BCUT2D eigenvalue weighted by atomic mass is 9.99. The van der Waals surface area contributed by atoms with Crippen molar-refractivity contribution in [2.45, 2.75) is 70.9 Å². The van der Waals surface area contributed by atoms with E-state index in [2.05, 4.69) is 24.1 Å². The van der Waals surface area contributed by atoms with E-state index in [9.17, 15) is 0 Å². The Hall–Kier alpha value is -0.0800. The van der Waals surface area contributed by atoms with Gasteiger partial charge in [-0.25, -0.2) is 0 Å². The first kappa shape index (κ1) is 13.4. The molecule has 3 unspecified atom stereocenters. The van der Waals surface area contributed by atoms with Gasteiger partial charge in [-0.05, 0) is 51.1 Å². The minimum Gasteiger partial charge on any atom is -0.315 e. The molecular weight excluding hydrogens is 208 g/mol. The maximum Gasteiger partial charge on any atom is 0.0223 e. The van der Waals surface area contributed by atoms with Gasteiger partial charge in [-0.15, -0.1) is 0 Å². The predicted octanol–water partition coefficient (Wildman–Crippen LogP) is 3.03. The maximum atomic E-state index is 3.57. The normalized spacial score (nSPS) is 35.8. The lowest BCUT2D eigenvalue weighted by molar-refractivity contribution is 0.107. The van der Waals surface area contributed by atoms with Crippen LogP contribution >= 0.6 is 0 Å². The first-order chi connectivity index (χ1) is 8.31. The van der Waals surface area contributed by atoms with Gasteiger partial charge in [0.2, 0.25) is 0 Å². The second kappa shape index (κ2) is 6.75. The second-order valence-corrected chi connectivity index (χ2v) is 6.10. The molecule has 0 amide bonds. The largest absolute Gasteiger partial charge is 0.315 e. The number of nitrogens with zero attached hydrogens (tertiary/aromatic N) is 1. The SMILES string of the molecule is CCN(C1CCCC(C)CC1)C1CCCNC1. The first-order valence-corrected chi connectivity index (χ1v) is 7.77. The Morgan fingerprint density at radius 3 is 2.53 bits per heavy atom. The Labute approximate surface area is 107 Å². The van der Waals surface area contributed by atoms with Crippen LogP contribution in [0.4, 0.5) is 0 Å². The standard InChI is InChI=1S/C15H30N2/c1-3-17(15-8-5-11-16-12-15)14-7-4-6-13(2)9-10-14/h13-16H,3-12H2,1-2H3. The van der Waals surface area contributed by atoms with Crippen LogP contribution in [-0.4, -0.2) is 36.6 Å². The smallest absolute Gasteiger partial charge is 0.0223 e. The molecule has 1 N–H and O–H groups in total. The molecule has 17 heavy (non-hydrogen) atoms. The summed E-state index contributed by atoms with van der Waals surface area (Å²) in [5.41, 5.74) is 0. The molecule has 1 saturated carbocycles. The van der Waals surface area contributed by atoms with E-state index in [4.69, 9.17) is 0 Å². The third-order valence-electron chi connectivity index (χ3n) is 4.80. The highest BCUT2D eigenvalue weighted by molar-refractivity contribution is 4.84. The average molecular weight is 238 g/mol. The fraction of sp³-hybridized carbons (Fsp3) is 1.00. The summed E-state index contributed by atoms with van der Waals surface area (Å²) >= 11 is 0. The summed E-state index contributed by atoms with van der Waals surface area (Å²) in [6, 6.07) is 1.68. The Balaban J connectivity index is 1.91. The van der Waals surface area contributed by atoms with E-state index < -0.39 is 0 Å². The molecule has 0 aromatic carbocycles. The van der Waals surface area contributed by atoms with E-state index in [0.717, 1.165) is 18.0 Å². The number of nitrogens with one attached hydrogen (secondary N) is 1. The van der Waals surface area contributed by atoms with Crippen molar-refractivity contribution in [3.63, 3.8) is 0 Å². The fourth-order valence-electron chi connectivity index (χ4n) is 3.73. The summed E-state index contributed by atoms with van der Waals surface area (Å²) in [7, 11) is 0. The van der Waals surface area contributed by atoms with E-state index in [1.165, 1.54) is 64.6 Å². The summed E-state index contributed by atoms with van der Waals surface area (Å²) in [5, 5.41) is 3.57. The van der Waals surface area contributed by atoms with Crippen LogP contribution < -0.4 is 5.32 Å². The van der Waals surface area contributed by atoms with Crippen LogP contribution in [0.25, 0.3) is 0 Å². The molecule has 2 fully saturated rings. The summed E-state index contributed by atoms with van der Waals surface area (Å²) in [6.07, 6.45) is 10.00. The minimum atomic E-state index is 0.812. The van der Waals surface area contributed by atoms with Crippen LogP contribution in [0.3, 0.4) is 0 Å². The van der Waals surface area contributed by atoms with E-state index in [-0.39, 0.29) is 0 Å². The van der Waals surface area contributed by atoms with E-state index in [0.29, 0.717) is 0 Å². The highest BCUT2D eigenvalue weighted by atomic mass is 15.2. The van der Waals surface area contributed by atoms with Crippen molar-refractivity contribution in [3.05, 3.63) is 0 Å². The summed E-state index contributed by atoms with van der Waals surface area (Å²) in [6.45, 7) is 8.48. The summed E-state index contributed by atoms with van der Waals surface area (Å²) < 4.78 is 0. The molecular formula is C15H30N2. The number of rotatable bonds is 3. The summed E-state index contributed by atoms with van der Waals surface area (Å²) in [4.78, 5) is 2.81. The molecule has 1 aliphatic heterocycles. The highest BCUT2D eigenvalue weighted by Gasteiger charge is 2.27. The molecule has 1 aliphatic carbocycles. The lowest BCUT2D eigenvalue weighted by Crippen LogP contribution is -2.50. The number of hydrogen-bond acceptors (Lipinski definition) is 2. The van der Waals surface area contributed by atoms with Crippen molar-refractivity contribution in [3.8, 4) is 0 Å². The Kier molecular flexibility index (Phi) is 5.30. The maximum absolute atomic E-state index is 3.57. The number of piperidine rings is 1. The fourth-order valence-corrected chi connectivity index (χ4v) is 3.73. The number of likely N-dealkylation sites (N-methyl/N-ethyl adjacent to an activating group) is 1. The van der Waals surface area contributed by atoms with Crippen LogP contribution in [0.5, 0.6) is 0 Å². The van der Waals surface area contributed by atoms with E-state index >= 15 is 0 Å². The number of hydrogen-bond donors (Lipinski definition) is 1. The van der Waals surface area contributed by atoms with Gasteiger partial charge in [0.1, 0.15) is 0 Å². The van der Waals surface area contributed by atoms with E-state index in [1.807, 2.05) is 0 Å². The van der Waals surface area contributed by atoms with Crippen molar-refractivity contribution in [2.24, 2.45) is 5.92 Å². The molecule has 3 atom stereocenters. The molecule has 2 rings (SSSR count). The van der Waals surface area contributed by atoms with Gasteiger partial charge in [0.25, 0.3) is 0 Å². The third kappa shape index (κ3) is 3.69. The first-order valence-electron chi connectivity index (χ1n) is 7.77. The summed E-state index contributed by atoms with van der Waals surface area (Å²) in [5.74, 6) is 0.961. The van der Waals surface area contributed by atoms with Gasteiger partial charge in [-0.3, -0.25) is 4.90 Å². The Morgan fingerprint density at radius 1 is 1.00 bits per heavy atom. The molecule has 2 heteroatoms. The lowest BCUT2D eigenvalue weighted by Gasteiger charge is -2.39. The van der Waals surface area contributed by atoms with Gasteiger partial charge in [0.15, 0.2) is 0 Å². The second-order valence-electron chi connectivity index (χ2n) is 6.10. The van der Waals surface area contributed by atoms with Crippen LogP contribution in [-0.2, 0) is 0 Å². The Morgan fingerprint density at radius 2 is 1.82 bits per heavy atom. The van der Waals surface area contributed by atoms with Gasteiger partial charge in [0.05, 0.1) is 0 Å². The van der Waals surface area contributed by atoms with Crippen molar-refractivity contribution < 1.29 is 0 Å². The van der Waals surface area contributed by atoms with Crippen LogP contribution in [0.15, 0.2) is 0 Å². The molecule has 100 valence electrons. The zero-order valence-electron chi connectivity index (χ0n) is 11.8. The van der Waals surface area contributed by atoms with Gasteiger partial charge in [-0.1, -0.05) is 26.7 Å². The molecule has 2 aliphatic rings. The molecule has 1 saturated heterocycles. The van der Waals surface area contributed by atoms with Crippen molar-refractivity contribution in [1.29, 1.82) is 0 Å². The van der Waals surface area contributed by atoms with Gasteiger partial charge < -0.3 is 5.32 Å². The minimum absolute atomic E-state index is 0.812. The molecule has 0 radical (unpaired) electrons. The molecule has 0 spiro atoms. The quantitative estimate of drug-likeness (QED) is 0.760. The predicted molar refractivity (Wildman–Crippen MR) is 74.3 cm³/mol. The average Bonchev–Trinajstić information content (AvgIpc) is 2.57. The molecule has 0 bridgehead atoms. The van der Waals surface area contributed by atoms with Gasteiger partial charge in [-0.2, -0.15) is 0 Å². The van der Waals surface area contributed by atoms with Crippen molar-refractivity contribution >= 4 is 0 Å².